The molecule has 0 bridgehead atoms. The van der Waals surface area contributed by atoms with Gasteiger partial charge in [-0.25, -0.2) is 0 Å². The van der Waals surface area contributed by atoms with Gasteiger partial charge in [0.15, 0.2) is 0 Å². The first-order chi connectivity index (χ1) is 8.11. The second-order valence-corrected chi connectivity index (χ2v) is 8.82. The second kappa shape index (κ2) is 5.39. The van der Waals surface area contributed by atoms with Crippen molar-refractivity contribution in [1.82, 2.24) is 5.32 Å². The van der Waals surface area contributed by atoms with E-state index < -0.39 is 9.28 Å². The molecular formula is C13H27NO2Si. The first kappa shape index (κ1) is 13.5. The molecule has 4 atom stereocenters. The minimum absolute atomic E-state index is 0.103. The molecule has 2 rings (SSSR count). The Hall–Kier alpha value is 0.0969. The SMILES string of the molecule is CO[SiH](OC)C1(C)NC(C)CC2CCCCC21. The van der Waals surface area contributed by atoms with Crippen LogP contribution in [0.4, 0.5) is 0 Å². The standard InChI is InChI=1S/C13H27NO2Si/c1-10-9-11-7-5-6-8-12(11)13(2,14-10)17(15-3)16-4/h10-12,14,17H,5-9H2,1-4H3. The zero-order chi connectivity index (χ0) is 12.5. The highest BCUT2D eigenvalue weighted by Gasteiger charge is 2.51. The van der Waals surface area contributed by atoms with Crippen molar-refractivity contribution < 1.29 is 8.85 Å². The summed E-state index contributed by atoms with van der Waals surface area (Å²) in [5.74, 6) is 1.63. The van der Waals surface area contributed by atoms with Crippen LogP contribution < -0.4 is 5.32 Å². The van der Waals surface area contributed by atoms with E-state index in [2.05, 4.69) is 19.2 Å². The molecule has 1 saturated carbocycles. The Labute approximate surface area is 107 Å². The molecule has 100 valence electrons. The molecule has 1 heterocycles. The van der Waals surface area contributed by atoms with E-state index in [0.29, 0.717) is 6.04 Å². The Kier molecular flexibility index (Phi) is 4.29. The summed E-state index contributed by atoms with van der Waals surface area (Å²) in [6, 6.07) is 0.597. The predicted molar refractivity (Wildman–Crippen MR) is 72.2 cm³/mol. The van der Waals surface area contributed by atoms with Crippen LogP contribution in [0, 0.1) is 11.8 Å². The molecule has 17 heavy (non-hydrogen) atoms. The molecule has 1 N–H and O–H groups in total. The molecule has 1 saturated heterocycles. The van der Waals surface area contributed by atoms with Gasteiger partial charge in [0, 0.05) is 20.3 Å². The average Bonchev–Trinajstić information content (AvgIpc) is 2.30. The Balaban J connectivity index is 2.21. The molecule has 4 heteroatoms. The molecule has 0 aromatic carbocycles. The summed E-state index contributed by atoms with van der Waals surface area (Å²) in [6.45, 7) is 4.65. The van der Waals surface area contributed by atoms with Crippen molar-refractivity contribution in [2.75, 3.05) is 14.2 Å². The van der Waals surface area contributed by atoms with Crippen LogP contribution in [0.1, 0.15) is 46.0 Å². The van der Waals surface area contributed by atoms with E-state index in [1.807, 2.05) is 14.2 Å². The molecule has 0 aromatic rings. The van der Waals surface area contributed by atoms with Gasteiger partial charge in [-0.2, -0.15) is 0 Å². The Morgan fingerprint density at radius 2 is 1.82 bits per heavy atom. The molecule has 1 aliphatic carbocycles. The number of rotatable bonds is 3. The van der Waals surface area contributed by atoms with Crippen molar-refractivity contribution in [2.45, 2.75) is 57.2 Å². The topological polar surface area (TPSA) is 30.5 Å². The zero-order valence-electron chi connectivity index (χ0n) is 11.7. The van der Waals surface area contributed by atoms with Crippen molar-refractivity contribution >= 4 is 9.28 Å². The summed E-state index contributed by atoms with van der Waals surface area (Å²) in [7, 11) is 1.99. The normalized spacial score (nSPS) is 42.5. The van der Waals surface area contributed by atoms with Gasteiger partial charge < -0.3 is 14.2 Å². The molecule has 4 unspecified atom stereocenters. The van der Waals surface area contributed by atoms with E-state index in [-0.39, 0.29) is 5.16 Å². The molecule has 0 amide bonds. The summed E-state index contributed by atoms with van der Waals surface area (Å²) in [5.41, 5.74) is 0. The third-order valence-corrected chi connectivity index (χ3v) is 7.24. The third-order valence-electron chi connectivity index (χ3n) is 4.81. The fourth-order valence-electron chi connectivity index (χ4n) is 4.26. The maximum atomic E-state index is 5.69. The average molecular weight is 257 g/mol. The summed E-state index contributed by atoms with van der Waals surface area (Å²) in [5, 5.41) is 3.91. The van der Waals surface area contributed by atoms with Gasteiger partial charge >= 0.3 is 9.28 Å². The maximum Gasteiger partial charge on any atom is 0.341 e. The van der Waals surface area contributed by atoms with Crippen LogP contribution >= 0.6 is 0 Å². The quantitative estimate of drug-likeness (QED) is 0.784. The van der Waals surface area contributed by atoms with E-state index in [0.717, 1.165) is 11.8 Å². The smallest absolute Gasteiger partial charge is 0.341 e. The van der Waals surface area contributed by atoms with Crippen molar-refractivity contribution in [2.24, 2.45) is 11.8 Å². The minimum Gasteiger partial charge on any atom is -0.399 e. The van der Waals surface area contributed by atoms with Gasteiger partial charge in [0.2, 0.25) is 0 Å². The molecular weight excluding hydrogens is 230 g/mol. The first-order valence-corrected chi connectivity index (χ1v) is 8.47. The zero-order valence-corrected chi connectivity index (χ0v) is 12.8. The van der Waals surface area contributed by atoms with Crippen LogP contribution in [0.5, 0.6) is 0 Å². The van der Waals surface area contributed by atoms with E-state index in [1.165, 1.54) is 32.1 Å². The summed E-state index contributed by atoms with van der Waals surface area (Å²) >= 11 is 0. The number of nitrogens with one attached hydrogen (secondary N) is 1. The number of fused-ring (bicyclic) bond motifs is 1. The van der Waals surface area contributed by atoms with Crippen molar-refractivity contribution in [3.63, 3.8) is 0 Å². The maximum absolute atomic E-state index is 5.69. The Morgan fingerprint density at radius 1 is 1.18 bits per heavy atom. The lowest BCUT2D eigenvalue weighted by atomic mass is 9.70. The third kappa shape index (κ3) is 2.45. The first-order valence-electron chi connectivity index (χ1n) is 6.95. The highest BCUT2D eigenvalue weighted by Crippen LogP contribution is 2.44. The molecule has 3 nitrogen and oxygen atoms in total. The van der Waals surface area contributed by atoms with E-state index in [9.17, 15) is 0 Å². The summed E-state index contributed by atoms with van der Waals surface area (Å²) in [6.07, 6.45) is 6.87. The number of hydrogen-bond donors (Lipinski definition) is 1. The predicted octanol–water partition coefficient (Wildman–Crippen LogP) is 1.99. The summed E-state index contributed by atoms with van der Waals surface area (Å²) in [4.78, 5) is 0. The molecule has 2 fully saturated rings. The Bertz CT molecular complexity index is 260. The number of piperidine rings is 1. The van der Waals surface area contributed by atoms with Gasteiger partial charge in [-0.3, -0.25) is 0 Å². The molecule has 0 aromatic heterocycles. The fourth-order valence-corrected chi connectivity index (χ4v) is 6.64. The highest BCUT2D eigenvalue weighted by molar-refractivity contribution is 6.48. The van der Waals surface area contributed by atoms with E-state index in [1.54, 1.807) is 0 Å². The van der Waals surface area contributed by atoms with Gasteiger partial charge in [0.25, 0.3) is 0 Å². The van der Waals surface area contributed by atoms with Gasteiger partial charge in [0.1, 0.15) is 0 Å². The van der Waals surface area contributed by atoms with Crippen molar-refractivity contribution in [3.05, 3.63) is 0 Å². The van der Waals surface area contributed by atoms with Crippen LogP contribution in [-0.4, -0.2) is 34.7 Å². The Morgan fingerprint density at radius 3 is 2.47 bits per heavy atom. The van der Waals surface area contributed by atoms with Crippen LogP contribution in [0.3, 0.4) is 0 Å². The van der Waals surface area contributed by atoms with Crippen LogP contribution in [-0.2, 0) is 8.85 Å². The van der Waals surface area contributed by atoms with Gasteiger partial charge in [0.05, 0.1) is 5.16 Å². The van der Waals surface area contributed by atoms with Crippen LogP contribution in [0.2, 0.25) is 0 Å². The lowest BCUT2D eigenvalue weighted by Crippen LogP contribution is -2.68. The summed E-state index contributed by atoms with van der Waals surface area (Å²) < 4.78 is 11.4. The minimum atomic E-state index is -1.63. The largest absolute Gasteiger partial charge is 0.399 e. The van der Waals surface area contributed by atoms with E-state index >= 15 is 0 Å². The molecule has 0 spiro atoms. The second-order valence-electron chi connectivity index (χ2n) is 6.02. The van der Waals surface area contributed by atoms with Crippen LogP contribution in [0.15, 0.2) is 0 Å². The van der Waals surface area contributed by atoms with Crippen molar-refractivity contribution in [1.29, 1.82) is 0 Å². The molecule has 2 aliphatic rings. The van der Waals surface area contributed by atoms with Crippen LogP contribution in [0.25, 0.3) is 0 Å². The lowest BCUT2D eigenvalue weighted by Gasteiger charge is -2.52. The monoisotopic (exact) mass is 257 g/mol. The van der Waals surface area contributed by atoms with E-state index in [4.69, 9.17) is 8.85 Å². The lowest BCUT2D eigenvalue weighted by molar-refractivity contribution is 0.0637. The van der Waals surface area contributed by atoms with Gasteiger partial charge in [-0.05, 0) is 38.5 Å². The fraction of sp³-hybridized carbons (Fsp3) is 1.00. The van der Waals surface area contributed by atoms with Crippen molar-refractivity contribution in [3.8, 4) is 0 Å². The number of hydrogen-bond acceptors (Lipinski definition) is 3. The van der Waals surface area contributed by atoms with Gasteiger partial charge in [-0.15, -0.1) is 0 Å². The van der Waals surface area contributed by atoms with Gasteiger partial charge in [-0.1, -0.05) is 19.3 Å². The highest BCUT2D eigenvalue weighted by atomic mass is 28.3. The molecule has 0 radical (unpaired) electrons. The molecule has 1 aliphatic heterocycles.